The number of carbonyl (C=O) groups is 1. The van der Waals surface area contributed by atoms with Crippen LogP contribution >= 0.6 is 0 Å². The van der Waals surface area contributed by atoms with Crippen molar-refractivity contribution in [2.24, 2.45) is 0 Å². The highest BCUT2D eigenvalue weighted by Crippen LogP contribution is 2.48. The molecule has 2 heterocycles. The van der Waals surface area contributed by atoms with Crippen LogP contribution in [0.4, 0.5) is 11.5 Å². The summed E-state index contributed by atoms with van der Waals surface area (Å²) in [6.45, 7) is 7.21. The lowest BCUT2D eigenvalue weighted by Crippen LogP contribution is -2.36. The number of anilines is 1. The molecule has 154 valence electrons. The molecule has 0 saturated heterocycles. The molecule has 0 atom stereocenters. The van der Waals surface area contributed by atoms with E-state index in [1.54, 1.807) is 42.6 Å². The molecule has 5 rings (SSSR count). The summed E-state index contributed by atoms with van der Waals surface area (Å²) in [5, 5.41) is 11.8. The van der Waals surface area contributed by atoms with Crippen molar-refractivity contribution >= 4 is 28.4 Å². The van der Waals surface area contributed by atoms with E-state index < -0.39 is 0 Å². The van der Waals surface area contributed by atoms with E-state index in [1.165, 1.54) is 0 Å². The molecule has 0 bridgehead atoms. The number of hydrogen-bond acceptors (Lipinski definition) is 4. The molecular formula is C25H18N6O. The third-order valence-electron chi connectivity index (χ3n) is 6.07. The molecule has 32 heavy (non-hydrogen) atoms. The predicted molar refractivity (Wildman–Crippen MR) is 120 cm³/mol. The number of fused-ring (bicyclic) bond motifs is 1. The van der Waals surface area contributed by atoms with E-state index in [1.807, 2.05) is 24.3 Å². The molecule has 7 heteroatoms. The largest absolute Gasteiger partial charge is 0.342 e. The van der Waals surface area contributed by atoms with E-state index in [2.05, 4.69) is 20.1 Å². The van der Waals surface area contributed by atoms with Gasteiger partial charge in [0.25, 0.3) is 5.91 Å². The summed E-state index contributed by atoms with van der Waals surface area (Å²) in [4.78, 5) is 28.7. The fourth-order valence-electron chi connectivity index (χ4n) is 4.16. The standard InChI is InChI=1S/C25H18N6O/c1-27-19-7-8-20-21(13-19)30-24(29-20)25(10-3-11-25)18-6-9-22(28-15-18)31-23(32)17-5-2-4-16(12-17)14-26/h2,4-9,12-13,15H,3,10-11H2,(H,29,30)(H,28,31,32). The van der Waals surface area contributed by atoms with Gasteiger partial charge < -0.3 is 10.3 Å². The normalized spacial score (nSPS) is 14.2. The first kappa shape index (κ1) is 19.5. The van der Waals surface area contributed by atoms with Crippen molar-refractivity contribution < 1.29 is 4.79 Å². The van der Waals surface area contributed by atoms with Crippen LogP contribution in [0.25, 0.3) is 15.9 Å². The summed E-state index contributed by atoms with van der Waals surface area (Å²) in [6, 6.07) is 17.8. The predicted octanol–water partition coefficient (Wildman–Crippen LogP) is 5.10. The fourth-order valence-corrected chi connectivity index (χ4v) is 4.16. The van der Waals surface area contributed by atoms with Crippen LogP contribution in [0.15, 0.2) is 60.8 Å². The minimum atomic E-state index is -0.311. The van der Waals surface area contributed by atoms with E-state index in [0.29, 0.717) is 22.6 Å². The number of hydrogen-bond donors (Lipinski definition) is 2. The summed E-state index contributed by atoms with van der Waals surface area (Å²) < 4.78 is 0. The van der Waals surface area contributed by atoms with Gasteiger partial charge in [0.15, 0.2) is 5.69 Å². The average Bonchev–Trinajstić information content (AvgIpc) is 3.22. The number of H-pyrrole nitrogens is 1. The molecule has 0 radical (unpaired) electrons. The van der Waals surface area contributed by atoms with Crippen LogP contribution in [0.1, 0.15) is 46.6 Å². The van der Waals surface area contributed by atoms with Crippen LogP contribution in [0.5, 0.6) is 0 Å². The Kier molecular flexibility index (Phi) is 4.65. The number of benzene rings is 2. The van der Waals surface area contributed by atoms with Gasteiger partial charge in [-0.3, -0.25) is 4.79 Å². The maximum Gasteiger partial charge on any atom is 0.256 e. The quantitative estimate of drug-likeness (QED) is 0.450. The van der Waals surface area contributed by atoms with Gasteiger partial charge in [0.2, 0.25) is 0 Å². The minimum Gasteiger partial charge on any atom is -0.342 e. The van der Waals surface area contributed by atoms with Gasteiger partial charge in [0.1, 0.15) is 11.6 Å². The number of aromatic amines is 1. The molecular weight excluding hydrogens is 400 g/mol. The summed E-state index contributed by atoms with van der Waals surface area (Å²) in [6.07, 6.45) is 4.80. The highest BCUT2D eigenvalue weighted by Gasteiger charge is 2.43. The third kappa shape index (κ3) is 3.27. The van der Waals surface area contributed by atoms with Crippen molar-refractivity contribution in [1.29, 1.82) is 5.26 Å². The van der Waals surface area contributed by atoms with Gasteiger partial charge in [0, 0.05) is 11.8 Å². The molecule has 1 fully saturated rings. The topological polar surface area (TPSA) is 98.8 Å². The molecule has 0 spiro atoms. The van der Waals surface area contributed by atoms with Crippen LogP contribution in [-0.4, -0.2) is 20.9 Å². The summed E-state index contributed by atoms with van der Waals surface area (Å²) >= 11 is 0. The second-order valence-corrected chi connectivity index (χ2v) is 7.91. The van der Waals surface area contributed by atoms with E-state index in [4.69, 9.17) is 16.8 Å². The van der Waals surface area contributed by atoms with E-state index in [0.717, 1.165) is 41.7 Å². The SMILES string of the molecule is [C-]#[N+]c1ccc2nc(C3(c4ccc(NC(=O)c5cccc(C#N)c5)nc4)CCC3)[nH]c2c1. The average molecular weight is 418 g/mol. The number of aromatic nitrogens is 3. The second kappa shape index (κ2) is 7.64. The maximum atomic E-state index is 12.5. The summed E-state index contributed by atoms with van der Waals surface area (Å²) in [7, 11) is 0. The Morgan fingerprint density at radius 3 is 2.75 bits per heavy atom. The summed E-state index contributed by atoms with van der Waals surface area (Å²) in [5.41, 5.74) is 3.92. The van der Waals surface area contributed by atoms with Crippen LogP contribution in [-0.2, 0) is 5.41 Å². The van der Waals surface area contributed by atoms with Crippen LogP contribution in [0.2, 0.25) is 0 Å². The van der Waals surface area contributed by atoms with Crippen molar-refractivity contribution in [3.05, 3.63) is 94.7 Å². The molecule has 1 aliphatic carbocycles. The minimum absolute atomic E-state index is 0.242. The lowest BCUT2D eigenvalue weighted by atomic mass is 9.64. The summed E-state index contributed by atoms with van der Waals surface area (Å²) in [5.74, 6) is 1.02. The number of nitrogens with zero attached hydrogens (tertiary/aromatic N) is 4. The Bertz CT molecular complexity index is 1420. The highest BCUT2D eigenvalue weighted by atomic mass is 16.1. The molecule has 2 aromatic carbocycles. The second-order valence-electron chi connectivity index (χ2n) is 7.91. The first-order valence-corrected chi connectivity index (χ1v) is 10.3. The molecule has 4 aromatic rings. The van der Waals surface area contributed by atoms with Gasteiger partial charge in [-0.25, -0.2) is 14.8 Å². The molecule has 0 unspecified atom stereocenters. The number of nitriles is 1. The van der Waals surface area contributed by atoms with E-state index in [9.17, 15) is 4.79 Å². The van der Waals surface area contributed by atoms with Gasteiger partial charge >= 0.3 is 0 Å². The smallest absolute Gasteiger partial charge is 0.256 e. The molecule has 0 aliphatic heterocycles. The van der Waals surface area contributed by atoms with Gasteiger partial charge in [-0.15, -0.1) is 0 Å². The molecule has 2 N–H and O–H groups in total. The van der Waals surface area contributed by atoms with Crippen molar-refractivity contribution in [3.8, 4) is 6.07 Å². The molecule has 7 nitrogen and oxygen atoms in total. The molecule has 1 saturated carbocycles. The fraction of sp³-hybridized carbons (Fsp3) is 0.160. The van der Waals surface area contributed by atoms with Crippen molar-refractivity contribution in [3.63, 3.8) is 0 Å². The number of pyridine rings is 1. The lowest BCUT2D eigenvalue weighted by molar-refractivity contribution is 0.102. The van der Waals surface area contributed by atoms with Crippen LogP contribution in [0, 0.1) is 17.9 Å². The Morgan fingerprint density at radius 2 is 2.06 bits per heavy atom. The number of imidazole rings is 1. The van der Waals surface area contributed by atoms with Gasteiger partial charge in [-0.1, -0.05) is 24.6 Å². The number of rotatable bonds is 4. The van der Waals surface area contributed by atoms with Crippen molar-refractivity contribution in [1.82, 2.24) is 15.0 Å². The molecule has 2 aromatic heterocycles. The third-order valence-corrected chi connectivity index (χ3v) is 6.07. The van der Waals surface area contributed by atoms with Crippen molar-refractivity contribution in [2.45, 2.75) is 24.7 Å². The zero-order valence-electron chi connectivity index (χ0n) is 17.1. The zero-order chi connectivity index (χ0) is 22.1. The van der Waals surface area contributed by atoms with Crippen LogP contribution < -0.4 is 5.32 Å². The Hall–Kier alpha value is -4.49. The van der Waals surface area contributed by atoms with Gasteiger partial charge in [0.05, 0.1) is 34.7 Å². The van der Waals surface area contributed by atoms with Crippen molar-refractivity contribution in [2.75, 3.05) is 5.32 Å². The van der Waals surface area contributed by atoms with E-state index >= 15 is 0 Å². The number of nitrogens with one attached hydrogen (secondary N) is 2. The molecule has 1 amide bonds. The maximum absolute atomic E-state index is 12.5. The number of carbonyl (C=O) groups excluding carboxylic acids is 1. The first-order valence-electron chi connectivity index (χ1n) is 10.3. The monoisotopic (exact) mass is 418 g/mol. The Balaban J connectivity index is 1.40. The first-order chi connectivity index (χ1) is 15.6. The number of amides is 1. The van der Waals surface area contributed by atoms with E-state index in [-0.39, 0.29) is 11.3 Å². The highest BCUT2D eigenvalue weighted by molar-refractivity contribution is 6.03. The van der Waals surface area contributed by atoms with Crippen LogP contribution in [0.3, 0.4) is 0 Å². The Labute approximate surface area is 184 Å². The van der Waals surface area contributed by atoms with Gasteiger partial charge in [-0.05, 0) is 54.8 Å². The zero-order valence-corrected chi connectivity index (χ0v) is 17.1. The van der Waals surface area contributed by atoms with Gasteiger partial charge in [-0.2, -0.15) is 5.26 Å². The molecule has 1 aliphatic rings. The Morgan fingerprint density at radius 1 is 1.19 bits per heavy atom. The lowest BCUT2D eigenvalue weighted by Gasteiger charge is -2.40.